The topological polar surface area (TPSA) is 72.2 Å². The zero-order valence-electron chi connectivity index (χ0n) is 11.4. The van der Waals surface area contributed by atoms with Gasteiger partial charge in [-0.15, -0.1) is 0 Å². The molecule has 0 aliphatic rings. The van der Waals surface area contributed by atoms with Crippen molar-refractivity contribution >= 4 is 29.1 Å². The molecule has 4 nitrogen and oxygen atoms in total. The summed E-state index contributed by atoms with van der Waals surface area (Å²) >= 11 is 5.77. The molecule has 2 rings (SSSR count). The van der Waals surface area contributed by atoms with Crippen molar-refractivity contribution in [2.75, 3.05) is 5.32 Å². The summed E-state index contributed by atoms with van der Waals surface area (Å²) in [6.07, 6.45) is -4.66. The van der Waals surface area contributed by atoms with Gasteiger partial charge in [0.1, 0.15) is 0 Å². The van der Waals surface area contributed by atoms with Gasteiger partial charge in [0.2, 0.25) is 5.91 Å². The second-order valence-electron chi connectivity index (χ2n) is 4.56. The third-order valence-corrected chi connectivity index (χ3v) is 3.30. The Balaban J connectivity index is 2.34. The number of halogens is 4. The summed E-state index contributed by atoms with van der Waals surface area (Å²) in [4.78, 5) is 23.3. The smallest absolute Gasteiger partial charge is 0.366 e. The number of anilines is 1. The number of nitrogens with one attached hydrogen (secondary N) is 1. The summed E-state index contributed by atoms with van der Waals surface area (Å²) < 4.78 is 38.7. The summed E-state index contributed by atoms with van der Waals surface area (Å²) in [5, 5.41) is 2.36. The second-order valence-corrected chi connectivity index (χ2v) is 4.96. The number of rotatable bonds is 3. The molecule has 0 radical (unpaired) electrons. The van der Waals surface area contributed by atoms with Crippen LogP contribution in [0.4, 0.5) is 18.9 Å². The van der Waals surface area contributed by atoms with Gasteiger partial charge in [0.05, 0.1) is 21.7 Å². The molecule has 0 spiro atoms. The largest absolute Gasteiger partial charge is 0.417 e. The van der Waals surface area contributed by atoms with Gasteiger partial charge in [0.25, 0.3) is 5.91 Å². The number of hydrogen-bond acceptors (Lipinski definition) is 2. The summed E-state index contributed by atoms with van der Waals surface area (Å²) in [5.41, 5.74) is 3.59. The van der Waals surface area contributed by atoms with Gasteiger partial charge in [-0.25, -0.2) is 0 Å². The third kappa shape index (κ3) is 3.81. The first kappa shape index (κ1) is 16.8. The lowest BCUT2D eigenvalue weighted by Crippen LogP contribution is -2.19. The standard InChI is InChI=1S/C15H10ClF3N2O2/c16-12-6-5-8(7-10(12)13(20)22)21-14(23)9-3-1-2-4-11(9)15(17,18)19/h1-7H,(H2,20,22)(H,21,23). The molecule has 0 aliphatic carbocycles. The second kappa shape index (κ2) is 6.29. The molecule has 2 aromatic rings. The minimum Gasteiger partial charge on any atom is -0.366 e. The SMILES string of the molecule is NC(=O)c1cc(NC(=O)c2ccccc2C(F)(F)F)ccc1Cl. The maximum atomic E-state index is 12.9. The van der Waals surface area contributed by atoms with Crippen molar-refractivity contribution < 1.29 is 22.8 Å². The Hall–Kier alpha value is -2.54. The zero-order valence-corrected chi connectivity index (χ0v) is 12.2. The van der Waals surface area contributed by atoms with Gasteiger partial charge >= 0.3 is 6.18 Å². The quantitative estimate of drug-likeness (QED) is 0.892. The van der Waals surface area contributed by atoms with E-state index in [2.05, 4.69) is 5.32 Å². The molecule has 23 heavy (non-hydrogen) atoms. The maximum Gasteiger partial charge on any atom is 0.417 e. The van der Waals surface area contributed by atoms with E-state index in [-0.39, 0.29) is 16.3 Å². The van der Waals surface area contributed by atoms with Gasteiger partial charge in [-0.3, -0.25) is 9.59 Å². The van der Waals surface area contributed by atoms with Gasteiger partial charge in [-0.05, 0) is 30.3 Å². The number of primary amides is 1. The van der Waals surface area contributed by atoms with E-state index >= 15 is 0 Å². The van der Waals surface area contributed by atoms with Crippen LogP contribution in [0.25, 0.3) is 0 Å². The van der Waals surface area contributed by atoms with Gasteiger partial charge < -0.3 is 11.1 Å². The lowest BCUT2D eigenvalue weighted by Gasteiger charge is -2.13. The molecular weight excluding hydrogens is 333 g/mol. The van der Waals surface area contributed by atoms with Crippen molar-refractivity contribution in [1.29, 1.82) is 0 Å². The fraction of sp³-hybridized carbons (Fsp3) is 0.0667. The van der Waals surface area contributed by atoms with Crippen LogP contribution in [0.3, 0.4) is 0 Å². The summed E-state index contributed by atoms with van der Waals surface area (Å²) in [7, 11) is 0. The molecular formula is C15H10ClF3N2O2. The molecule has 0 heterocycles. The molecule has 0 unspecified atom stereocenters. The zero-order chi connectivity index (χ0) is 17.2. The Labute approximate surface area is 134 Å². The van der Waals surface area contributed by atoms with Crippen molar-refractivity contribution in [2.24, 2.45) is 5.73 Å². The van der Waals surface area contributed by atoms with E-state index < -0.39 is 29.1 Å². The van der Waals surface area contributed by atoms with Crippen molar-refractivity contribution in [3.63, 3.8) is 0 Å². The van der Waals surface area contributed by atoms with Crippen molar-refractivity contribution in [2.45, 2.75) is 6.18 Å². The molecule has 0 saturated heterocycles. The van der Waals surface area contributed by atoms with Crippen LogP contribution in [0.2, 0.25) is 5.02 Å². The van der Waals surface area contributed by atoms with Crippen LogP contribution < -0.4 is 11.1 Å². The normalized spacial score (nSPS) is 11.1. The Morgan fingerprint density at radius 3 is 2.30 bits per heavy atom. The lowest BCUT2D eigenvalue weighted by molar-refractivity contribution is -0.137. The molecule has 8 heteroatoms. The van der Waals surface area contributed by atoms with E-state index in [9.17, 15) is 22.8 Å². The van der Waals surface area contributed by atoms with Crippen LogP contribution in [-0.4, -0.2) is 11.8 Å². The predicted octanol–water partition coefficient (Wildman–Crippen LogP) is 3.71. The van der Waals surface area contributed by atoms with Gasteiger partial charge in [0, 0.05) is 5.69 Å². The van der Waals surface area contributed by atoms with Crippen LogP contribution in [-0.2, 0) is 6.18 Å². The van der Waals surface area contributed by atoms with Gasteiger partial charge in [-0.1, -0.05) is 23.7 Å². The predicted molar refractivity (Wildman–Crippen MR) is 79.4 cm³/mol. The molecule has 0 aliphatic heterocycles. The average Bonchev–Trinajstić information content (AvgIpc) is 2.48. The molecule has 0 fully saturated rings. The van der Waals surface area contributed by atoms with E-state index in [0.717, 1.165) is 12.1 Å². The van der Waals surface area contributed by atoms with Crippen LogP contribution >= 0.6 is 11.6 Å². The Morgan fingerprint density at radius 1 is 1.04 bits per heavy atom. The third-order valence-electron chi connectivity index (χ3n) is 2.97. The van der Waals surface area contributed by atoms with Crippen LogP contribution in [0.1, 0.15) is 26.3 Å². The average molecular weight is 343 g/mol. The minimum atomic E-state index is -4.66. The number of benzene rings is 2. The monoisotopic (exact) mass is 342 g/mol. The van der Waals surface area contributed by atoms with Crippen molar-refractivity contribution in [1.82, 2.24) is 0 Å². The summed E-state index contributed by atoms with van der Waals surface area (Å²) in [6.45, 7) is 0. The van der Waals surface area contributed by atoms with E-state index in [1.165, 1.54) is 30.3 Å². The van der Waals surface area contributed by atoms with Crippen LogP contribution in [0, 0.1) is 0 Å². The highest BCUT2D eigenvalue weighted by Crippen LogP contribution is 2.32. The summed E-state index contributed by atoms with van der Waals surface area (Å²) in [6, 6.07) is 8.23. The molecule has 2 aromatic carbocycles. The minimum absolute atomic E-state index is 0.0476. The summed E-state index contributed by atoms with van der Waals surface area (Å²) in [5.74, 6) is -1.78. The molecule has 0 atom stereocenters. The fourth-order valence-corrected chi connectivity index (χ4v) is 2.13. The highest BCUT2D eigenvalue weighted by Gasteiger charge is 2.34. The number of nitrogens with two attached hydrogens (primary N) is 1. The molecule has 3 N–H and O–H groups in total. The number of carbonyl (C=O) groups is 2. The molecule has 2 amide bonds. The first-order chi connectivity index (χ1) is 10.7. The Morgan fingerprint density at radius 2 is 1.70 bits per heavy atom. The first-order valence-electron chi connectivity index (χ1n) is 6.27. The van der Waals surface area contributed by atoms with E-state index in [0.29, 0.717) is 0 Å². The van der Waals surface area contributed by atoms with Crippen LogP contribution in [0.15, 0.2) is 42.5 Å². The number of hydrogen-bond donors (Lipinski definition) is 2. The maximum absolute atomic E-state index is 12.9. The highest BCUT2D eigenvalue weighted by atomic mass is 35.5. The molecule has 120 valence electrons. The van der Waals surface area contributed by atoms with Gasteiger partial charge in [-0.2, -0.15) is 13.2 Å². The molecule has 0 saturated carbocycles. The number of carbonyl (C=O) groups excluding carboxylic acids is 2. The van der Waals surface area contributed by atoms with E-state index in [4.69, 9.17) is 17.3 Å². The highest BCUT2D eigenvalue weighted by molar-refractivity contribution is 6.34. The first-order valence-corrected chi connectivity index (χ1v) is 6.65. The molecule has 0 aromatic heterocycles. The lowest BCUT2D eigenvalue weighted by atomic mass is 10.1. The van der Waals surface area contributed by atoms with Gasteiger partial charge in [0.15, 0.2) is 0 Å². The van der Waals surface area contributed by atoms with Crippen LogP contribution in [0.5, 0.6) is 0 Å². The molecule has 0 bridgehead atoms. The Kier molecular flexibility index (Phi) is 4.60. The van der Waals surface area contributed by atoms with E-state index in [1.807, 2.05) is 0 Å². The van der Waals surface area contributed by atoms with E-state index in [1.54, 1.807) is 0 Å². The number of alkyl halides is 3. The Bertz CT molecular complexity index is 776. The fourth-order valence-electron chi connectivity index (χ4n) is 1.92. The van der Waals surface area contributed by atoms with Crippen molar-refractivity contribution in [3.05, 3.63) is 64.2 Å². The number of amides is 2. The van der Waals surface area contributed by atoms with Crippen molar-refractivity contribution in [3.8, 4) is 0 Å².